The molecule has 2 aromatic carbocycles. The fourth-order valence-electron chi connectivity index (χ4n) is 4.24. The molecule has 0 spiro atoms. The zero-order valence-electron chi connectivity index (χ0n) is 20.3. The van der Waals surface area contributed by atoms with Crippen molar-refractivity contribution >= 4 is 11.7 Å². The van der Waals surface area contributed by atoms with Crippen LogP contribution in [-0.2, 0) is 24.4 Å². The predicted octanol–water partition coefficient (Wildman–Crippen LogP) is 4.64. The van der Waals surface area contributed by atoms with E-state index >= 15 is 0 Å². The molecule has 2 heterocycles. The molecule has 0 bridgehead atoms. The second kappa shape index (κ2) is 12.9. The second-order valence-corrected chi connectivity index (χ2v) is 8.86. The molecule has 0 aliphatic carbocycles. The Morgan fingerprint density at radius 2 is 1.71 bits per heavy atom. The predicted molar refractivity (Wildman–Crippen MR) is 137 cm³/mol. The van der Waals surface area contributed by atoms with Gasteiger partial charge in [0.05, 0.1) is 20.3 Å². The highest BCUT2D eigenvalue weighted by Crippen LogP contribution is 2.16. The normalized spacial score (nSPS) is 14.4. The van der Waals surface area contributed by atoms with Crippen LogP contribution in [0.5, 0.6) is 5.75 Å². The molecule has 35 heavy (non-hydrogen) atoms. The van der Waals surface area contributed by atoms with Gasteiger partial charge >= 0.3 is 6.03 Å². The number of pyridine rings is 1. The van der Waals surface area contributed by atoms with Crippen LogP contribution in [-0.4, -0.2) is 48.7 Å². The van der Waals surface area contributed by atoms with E-state index in [-0.39, 0.29) is 12.1 Å². The third kappa shape index (κ3) is 8.09. The van der Waals surface area contributed by atoms with E-state index in [4.69, 9.17) is 9.47 Å². The Labute approximate surface area is 207 Å². The molecule has 0 atom stereocenters. The topological polar surface area (TPSA) is 75.7 Å². The quantitative estimate of drug-likeness (QED) is 0.448. The van der Waals surface area contributed by atoms with E-state index < -0.39 is 0 Å². The molecule has 1 aliphatic rings. The molecule has 184 valence electrons. The van der Waals surface area contributed by atoms with E-state index in [2.05, 4.69) is 32.7 Å². The summed E-state index contributed by atoms with van der Waals surface area (Å²) in [6.07, 6.45) is 6.64. The van der Waals surface area contributed by atoms with E-state index in [1.165, 1.54) is 5.56 Å². The summed E-state index contributed by atoms with van der Waals surface area (Å²) in [6, 6.07) is 19.8. The number of ether oxygens (including phenoxy) is 2. The van der Waals surface area contributed by atoms with Gasteiger partial charge in [-0.1, -0.05) is 24.3 Å². The standard InChI is InChI=1S/C28H34N4O3/c1-34-27-7-5-23(6-8-27)20-35-21-24-3-2-4-26(19-24)31-28(33)30-25-12-17-32(18-13-25)16-11-22-9-14-29-15-10-22/h2-10,14-15,19,25H,11-13,16-18,20-21H2,1H3,(H2,30,31,33). The molecule has 1 saturated heterocycles. The molecule has 7 heteroatoms. The summed E-state index contributed by atoms with van der Waals surface area (Å²) in [7, 11) is 1.65. The summed E-state index contributed by atoms with van der Waals surface area (Å²) in [6.45, 7) is 4.02. The van der Waals surface area contributed by atoms with Crippen LogP contribution >= 0.6 is 0 Å². The number of anilines is 1. The monoisotopic (exact) mass is 474 g/mol. The molecule has 1 aromatic heterocycles. The number of urea groups is 1. The Bertz CT molecular complexity index is 1050. The second-order valence-electron chi connectivity index (χ2n) is 8.86. The largest absolute Gasteiger partial charge is 0.497 e. The van der Waals surface area contributed by atoms with E-state index in [9.17, 15) is 4.79 Å². The minimum atomic E-state index is -0.156. The van der Waals surface area contributed by atoms with Gasteiger partial charge in [0.15, 0.2) is 0 Å². The van der Waals surface area contributed by atoms with Crippen LogP contribution < -0.4 is 15.4 Å². The van der Waals surface area contributed by atoms with Gasteiger partial charge in [0, 0.05) is 43.8 Å². The SMILES string of the molecule is COc1ccc(COCc2cccc(NC(=O)NC3CCN(CCc4ccncc4)CC3)c2)cc1. The molecule has 1 fully saturated rings. The summed E-state index contributed by atoms with van der Waals surface area (Å²) in [5, 5.41) is 6.10. The van der Waals surface area contributed by atoms with Gasteiger partial charge in [-0.15, -0.1) is 0 Å². The summed E-state index contributed by atoms with van der Waals surface area (Å²) >= 11 is 0. The van der Waals surface area contributed by atoms with Gasteiger partial charge in [-0.3, -0.25) is 4.98 Å². The van der Waals surface area contributed by atoms with E-state index in [0.717, 1.165) is 61.5 Å². The van der Waals surface area contributed by atoms with Crippen molar-refractivity contribution in [2.45, 2.75) is 38.5 Å². The van der Waals surface area contributed by atoms with Crippen molar-refractivity contribution in [2.75, 3.05) is 32.1 Å². The van der Waals surface area contributed by atoms with Crippen LogP contribution in [0, 0.1) is 0 Å². The number of amides is 2. The van der Waals surface area contributed by atoms with E-state index in [1.807, 2.05) is 60.9 Å². The van der Waals surface area contributed by atoms with Crippen molar-refractivity contribution in [3.63, 3.8) is 0 Å². The van der Waals surface area contributed by atoms with Crippen LogP contribution in [0.25, 0.3) is 0 Å². The number of carbonyl (C=O) groups is 1. The first-order chi connectivity index (χ1) is 17.2. The van der Waals surface area contributed by atoms with Crippen molar-refractivity contribution in [2.24, 2.45) is 0 Å². The number of piperidine rings is 1. The lowest BCUT2D eigenvalue weighted by atomic mass is 10.0. The minimum Gasteiger partial charge on any atom is -0.497 e. The Balaban J connectivity index is 1.15. The highest BCUT2D eigenvalue weighted by molar-refractivity contribution is 5.89. The lowest BCUT2D eigenvalue weighted by molar-refractivity contribution is 0.107. The number of nitrogens with zero attached hydrogens (tertiary/aromatic N) is 2. The molecule has 2 N–H and O–H groups in total. The number of nitrogens with one attached hydrogen (secondary N) is 2. The number of likely N-dealkylation sites (tertiary alicyclic amines) is 1. The van der Waals surface area contributed by atoms with Gasteiger partial charge in [0.2, 0.25) is 0 Å². The summed E-state index contributed by atoms with van der Waals surface area (Å²) in [4.78, 5) is 19.1. The number of aromatic nitrogens is 1. The molecule has 2 amide bonds. The van der Waals surface area contributed by atoms with Gasteiger partial charge in [-0.25, -0.2) is 4.79 Å². The number of methoxy groups -OCH3 is 1. The molecule has 7 nitrogen and oxygen atoms in total. The smallest absolute Gasteiger partial charge is 0.319 e. The molecule has 3 aromatic rings. The average Bonchev–Trinajstić information content (AvgIpc) is 2.89. The maximum Gasteiger partial charge on any atom is 0.319 e. The molecular formula is C28H34N4O3. The average molecular weight is 475 g/mol. The zero-order chi connectivity index (χ0) is 24.3. The van der Waals surface area contributed by atoms with Crippen molar-refractivity contribution in [1.29, 1.82) is 0 Å². The van der Waals surface area contributed by atoms with Crippen molar-refractivity contribution in [3.05, 3.63) is 89.7 Å². The van der Waals surface area contributed by atoms with Gasteiger partial charge in [0.1, 0.15) is 5.75 Å². The van der Waals surface area contributed by atoms with Gasteiger partial charge < -0.3 is 25.0 Å². The summed E-state index contributed by atoms with van der Waals surface area (Å²) < 4.78 is 11.0. The number of rotatable bonds is 10. The highest BCUT2D eigenvalue weighted by Gasteiger charge is 2.20. The van der Waals surface area contributed by atoms with Crippen LogP contribution in [0.4, 0.5) is 10.5 Å². The lowest BCUT2D eigenvalue weighted by Gasteiger charge is -2.32. The minimum absolute atomic E-state index is 0.156. The first kappa shape index (κ1) is 24.7. The third-order valence-corrected chi connectivity index (χ3v) is 6.27. The Morgan fingerprint density at radius 1 is 0.971 bits per heavy atom. The van der Waals surface area contributed by atoms with Gasteiger partial charge in [-0.2, -0.15) is 0 Å². The Kier molecular flexibility index (Phi) is 9.09. The van der Waals surface area contributed by atoms with Crippen molar-refractivity contribution in [3.8, 4) is 5.75 Å². The fraction of sp³-hybridized carbons (Fsp3) is 0.357. The first-order valence-electron chi connectivity index (χ1n) is 12.2. The van der Waals surface area contributed by atoms with Crippen molar-refractivity contribution < 1.29 is 14.3 Å². The van der Waals surface area contributed by atoms with Crippen LogP contribution in [0.15, 0.2) is 73.1 Å². The molecule has 0 saturated carbocycles. The van der Waals surface area contributed by atoms with Crippen LogP contribution in [0.2, 0.25) is 0 Å². The molecule has 0 unspecified atom stereocenters. The van der Waals surface area contributed by atoms with E-state index in [1.54, 1.807) is 7.11 Å². The highest BCUT2D eigenvalue weighted by atomic mass is 16.5. The van der Waals surface area contributed by atoms with Crippen LogP contribution in [0.3, 0.4) is 0 Å². The fourth-order valence-corrected chi connectivity index (χ4v) is 4.24. The van der Waals surface area contributed by atoms with Crippen molar-refractivity contribution in [1.82, 2.24) is 15.2 Å². The maximum absolute atomic E-state index is 12.6. The van der Waals surface area contributed by atoms with Gasteiger partial charge in [0.25, 0.3) is 0 Å². The van der Waals surface area contributed by atoms with Gasteiger partial charge in [-0.05, 0) is 72.4 Å². The molecule has 1 aliphatic heterocycles. The maximum atomic E-state index is 12.6. The van der Waals surface area contributed by atoms with Crippen LogP contribution in [0.1, 0.15) is 29.5 Å². The Morgan fingerprint density at radius 3 is 2.46 bits per heavy atom. The number of hydrogen-bond acceptors (Lipinski definition) is 5. The summed E-state index contributed by atoms with van der Waals surface area (Å²) in [5.74, 6) is 0.831. The number of carbonyl (C=O) groups excluding carboxylic acids is 1. The first-order valence-corrected chi connectivity index (χ1v) is 12.2. The summed E-state index contributed by atoms with van der Waals surface area (Å²) in [5.41, 5.74) is 4.18. The lowest BCUT2D eigenvalue weighted by Crippen LogP contribution is -2.46. The number of hydrogen-bond donors (Lipinski definition) is 2. The molecule has 4 rings (SSSR count). The Hall–Kier alpha value is -3.42. The molecular weight excluding hydrogens is 440 g/mol. The zero-order valence-corrected chi connectivity index (χ0v) is 20.3. The molecule has 0 radical (unpaired) electrons. The van der Waals surface area contributed by atoms with E-state index in [0.29, 0.717) is 13.2 Å². The third-order valence-electron chi connectivity index (χ3n) is 6.27. The number of benzene rings is 2.